The maximum Gasteiger partial charge on any atom is 0.231 e. The molecule has 1 heterocycles. The first-order valence-corrected chi connectivity index (χ1v) is 4.94. The molecule has 0 atom stereocenters. The van der Waals surface area contributed by atoms with Gasteiger partial charge in [0.1, 0.15) is 5.82 Å². The summed E-state index contributed by atoms with van der Waals surface area (Å²) >= 11 is 3.14. The van der Waals surface area contributed by atoms with Crippen molar-refractivity contribution in [1.82, 2.24) is 5.32 Å². The van der Waals surface area contributed by atoms with Crippen molar-refractivity contribution >= 4 is 15.9 Å². The number of nitrogens with one attached hydrogen (secondary N) is 1. The van der Waals surface area contributed by atoms with Crippen LogP contribution in [0, 0.1) is 5.82 Å². The SMILES string of the molecule is CNCc1cc2c(c(Br)c1F)OCO2. The predicted molar refractivity (Wildman–Crippen MR) is 53.0 cm³/mol. The van der Waals surface area contributed by atoms with E-state index in [1.807, 2.05) is 0 Å². The lowest BCUT2D eigenvalue weighted by atomic mass is 10.2. The molecule has 0 fully saturated rings. The predicted octanol–water partition coefficient (Wildman–Crippen LogP) is 2.04. The van der Waals surface area contributed by atoms with Gasteiger partial charge in [-0.1, -0.05) is 0 Å². The third kappa shape index (κ3) is 1.46. The summed E-state index contributed by atoms with van der Waals surface area (Å²) in [5.41, 5.74) is 0.559. The molecule has 1 aliphatic heterocycles. The summed E-state index contributed by atoms with van der Waals surface area (Å²) in [6.07, 6.45) is 0. The minimum absolute atomic E-state index is 0.149. The molecule has 0 radical (unpaired) electrons. The van der Waals surface area contributed by atoms with Gasteiger partial charge in [-0.25, -0.2) is 4.39 Å². The Bertz CT molecular complexity index is 370. The minimum atomic E-state index is -0.302. The van der Waals surface area contributed by atoms with Gasteiger partial charge in [0.2, 0.25) is 6.79 Å². The highest BCUT2D eigenvalue weighted by atomic mass is 79.9. The summed E-state index contributed by atoms with van der Waals surface area (Å²) in [6.45, 7) is 0.609. The van der Waals surface area contributed by atoms with E-state index in [1.54, 1.807) is 13.1 Å². The summed E-state index contributed by atoms with van der Waals surface area (Å²) in [7, 11) is 1.76. The van der Waals surface area contributed by atoms with Crippen molar-refractivity contribution in [3.63, 3.8) is 0 Å². The van der Waals surface area contributed by atoms with Crippen LogP contribution in [0.25, 0.3) is 0 Å². The number of halogens is 2. The molecule has 0 spiro atoms. The van der Waals surface area contributed by atoms with Crippen LogP contribution in [0.15, 0.2) is 10.5 Å². The Morgan fingerprint density at radius 2 is 2.36 bits per heavy atom. The van der Waals surface area contributed by atoms with E-state index in [-0.39, 0.29) is 12.6 Å². The first-order chi connectivity index (χ1) is 6.74. The molecule has 0 saturated heterocycles. The van der Waals surface area contributed by atoms with E-state index < -0.39 is 0 Å². The van der Waals surface area contributed by atoms with Crippen LogP contribution in [-0.2, 0) is 6.54 Å². The number of hydrogen-bond acceptors (Lipinski definition) is 3. The molecule has 0 aliphatic carbocycles. The van der Waals surface area contributed by atoms with Crippen LogP contribution in [0.1, 0.15) is 5.56 Å². The lowest BCUT2D eigenvalue weighted by molar-refractivity contribution is 0.173. The molecule has 2 rings (SSSR count). The van der Waals surface area contributed by atoms with Gasteiger partial charge in [0.15, 0.2) is 11.5 Å². The van der Waals surface area contributed by atoms with Crippen LogP contribution in [0.4, 0.5) is 4.39 Å². The summed E-state index contributed by atoms with van der Waals surface area (Å²) < 4.78 is 24.2. The van der Waals surface area contributed by atoms with Crippen molar-refractivity contribution in [3.05, 3.63) is 21.9 Å². The highest BCUT2D eigenvalue weighted by molar-refractivity contribution is 9.10. The van der Waals surface area contributed by atoms with Gasteiger partial charge >= 0.3 is 0 Å². The molecule has 0 aromatic heterocycles. The molecule has 0 amide bonds. The summed E-state index contributed by atoms with van der Waals surface area (Å²) in [6, 6.07) is 1.65. The molecule has 3 nitrogen and oxygen atoms in total. The van der Waals surface area contributed by atoms with Crippen LogP contribution >= 0.6 is 15.9 Å². The molecule has 1 aromatic rings. The van der Waals surface area contributed by atoms with Gasteiger partial charge in [-0.05, 0) is 29.0 Å². The van der Waals surface area contributed by atoms with E-state index in [9.17, 15) is 4.39 Å². The molecule has 0 unspecified atom stereocenters. The standard InChI is InChI=1S/C9H9BrFNO2/c1-12-3-5-2-6-9(14-4-13-6)7(10)8(5)11/h2,12H,3-4H2,1H3. The zero-order chi connectivity index (χ0) is 10.1. The van der Waals surface area contributed by atoms with Gasteiger partial charge < -0.3 is 14.8 Å². The van der Waals surface area contributed by atoms with Crippen LogP contribution in [-0.4, -0.2) is 13.8 Å². The van der Waals surface area contributed by atoms with Crippen molar-refractivity contribution in [2.75, 3.05) is 13.8 Å². The smallest absolute Gasteiger partial charge is 0.231 e. The van der Waals surface area contributed by atoms with Gasteiger partial charge in [0.05, 0.1) is 4.47 Å². The van der Waals surface area contributed by atoms with Crippen LogP contribution in [0.3, 0.4) is 0 Å². The fourth-order valence-corrected chi connectivity index (χ4v) is 1.91. The van der Waals surface area contributed by atoms with Crippen molar-refractivity contribution < 1.29 is 13.9 Å². The molecule has 1 aliphatic rings. The van der Waals surface area contributed by atoms with Gasteiger partial charge in [0, 0.05) is 12.1 Å². The second-order valence-corrected chi connectivity index (χ2v) is 3.72. The lowest BCUT2D eigenvalue weighted by Gasteiger charge is -2.06. The first kappa shape index (κ1) is 9.73. The summed E-state index contributed by atoms with van der Waals surface area (Å²) in [5, 5.41) is 2.89. The largest absolute Gasteiger partial charge is 0.454 e. The van der Waals surface area contributed by atoms with E-state index in [4.69, 9.17) is 9.47 Å². The van der Waals surface area contributed by atoms with Gasteiger partial charge in [-0.2, -0.15) is 0 Å². The fourth-order valence-electron chi connectivity index (χ4n) is 1.35. The Balaban J connectivity index is 2.49. The second kappa shape index (κ2) is 3.74. The highest BCUT2D eigenvalue weighted by Crippen LogP contribution is 2.41. The first-order valence-electron chi connectivity index (χ1n) is 4.15. The van der Waals surface area contributed by atoms with E-state index in [2.05, 4.69) is 21.2 Å². The zero-order valence-electron chi connectivity index (χ0n) is 7.56. The molecule has 0 saturated carbocycles. The van der Waals surface area contributed by atoms with E-state index >= 15 is 0 Å². The molecule has 76 valence electrons. The summed E-state index contributed by atoms with van der Waals surface area (Å²) in [5.74, 6) is 0.731. The molecule has 1 aromatic carbocycles. The van der Waals surface area contributed by atoms with E-state index in [0.717, 1.165) is 0 Å². The Hall–Kier alpha value is -0.810. The Morgan fingerprint density at radius 1 is 1.57 bits per heavy atom. The molecular weight excluding hydrogens is 253 g/mol. The van der Waals surface area contributed by atoms with E-state index in [1.165, 1.54) is 0 Å². The molecular formula is C9H9BrFNO2. The number of rotatable bonds is 2. The molecule has 5 heteroatoms. The van der Waals surface area contributed by atoms with Crippen molar-refractivity contribution in [3.8, 4) is 11.5 Å². The monoisotopic (exact) mass is 261 g/mol. The van der Waals surface area contributed by atoms with E-state index in [0.29, 0.717) is 28.1 Å². The topological polar surface area (TPSA) is 30.5 Å². The van der Waals surface area contributed by atoms with Crippen LogP contribution < -0.4 is 14.8 Å². The van der Waals surface area contributed by atoms with Crippen LogP contribution in [0.5, 0.6) is 11.5 Å². The number of ether oxygens (including phenoxy) is 2. The molecule has 0 bridgehead atoms. The van der Waals surface area contributed by atoms with Crippen molar-refractivity contribution in [2.45, 2.75) is 6.54 Å². The average molecular weight is 262 g/mol. The van der Waals surface area contributed by atoms with Crippen LogP contribution in [0.2, 0.25) is 0 Å². The van der Waals surface area contributed by atoms with Gasteiger partial charge in [0.25, 0.3) is 0 Å². The minimum Gasteiger partial charge on any atom is -0.454 e. The Labute approximate surface area is 89.3 Å². The average Bonchev–Trinajstić information content (AvgIpc) is 2.62. The maximum atomic E-state index is 13.6. The highest BCUT2D eigenvalue weighted by Gasteiger charge is 2.22. The summed E-state index contributed by atoms with van der Waals surface area (Å²) in [4.78, 5) is 0. The zero-order valence-corrected chi connectivity index (χ0v) is 9.15. The van der Waals surface area contributed by atoms with Crippen molar-refractivity contribution in [2.24, 2.45) is 0 Å². The second-order valence-electron chi connectivity index (χ2n) is 2.93. The third-order valence-corrected chi connectivity index (χ3v) is 2.70. The number of hydrogen-bond donors (Lipinski definition) is 1. The van der Waals surface area contributed by atoms with Crippen molar-refractivity contribution in [1.29, 1.82) is 0 Å². The fraction of sp³-hybridized carbons (Fsp3) is 0.333. The normalized spacial score (nSPS) is 13.4. The number of fused-ring (bicyclic) bond motifs is 1. The molecule has 1 N–H and O–H groups in total. The molecule has 14 heavy (non-hydrogen) atoms. The maximum absolute atomic E-state index is 13.6. The lowest BCUT2D eigenvalue weighted by Crippen LogP contribution is -2.07. The third-order valence-electron chi connectivity index (χ3n) is 1.99. The van der Waals surface area contributed by atoms with Gasteiger partial charge in [-0.3, -0.25) is 0 Å². The Morgan fingerprint density at radius 3 is 3.07 bits per heavy atom. The Kier molecular flexibility index (Phi) is 2.60. The van der Waals surface area contributed by atoms with Gasteiger partial charge in [-0.15, -0.1) is 0 Å². The quantitative estimate of drug-likeness (QED) is 0.884. The number of benzene rings is 1.